The Morgan fingerprint density at radius 3 is 2.36 bits per heavy atom. The van der Waals surface area contributed by atoms with E-state index in [1.165, 1.54) is 11.6 Å². The fourth-order valence-electron chi connectivity index (χ4n) is 2.63. The molecule has 2 aromatic carbocycles. The Kier molecular flexibility index (Phi) is 4.38. The van der Waals surface area contributed by atoms with Crippen LogP contribution in [0.15, 0.2) is 52.0 Å². The van der Waals surface area contributed by atoms with Crippen molar-refractivity contribution in [3.8, 4) is 0 Å². The zero-order chi connectivity index (χ0) is 18.2. The molecule has 3 aromatic rings. The number of hydrogen-bond acceptors (Lipinski definition) is 5. The first-order valence-electron chi connectivity index (χ1n) is 8.02. The lowest BCUT2D eigenvalue weighted by Crippen LogP contribution is -2.27. The van der Waals surface area contributed by atoms with Crippen molar-refractivity contribution < 1.29 is 13.0 Å². The molecule has 1 atom stereocenters. The molecular weight excluding hydrogens is 338 g/mol. The maximum Gasteiger partial charge on any atom is 0.243 e. The van der Waals surface area contributed by atoms with Crippen LogP contribution in [-0.4, -0.2) is 18.7 Å². The highest BCUT2D eigenvalue weighted by atomic mass is 32.2. The normalized spacial score (nSPS) is 13.9. The van der Waals surface area contributed by atoms with Gasteiger partial charge in [-0.3, -0.25) is 0 Å². The Labute approximate surface area is 147 Å². The van der Waals surface area contributed by atoms with Gasteiger partial charge in [-0.2, -0.15) is 0 Å². The number of nitrogens with zero attached hydrogens (tertiary/aromatic N) is 2. The van der Waals surface area contributed by atoms with E-state index >= 15 is 0 Å². The molecule has 1 aromatic heterocycles. The highest BCUT2D eigenvalue weighted by Crippen LogP contribution is 2.25. The minimum atomic E-state index is -3.76. The minimum absolute atomic E-state index is 0.0525. The lowest BCUT2D eigenvalue weighted by molar-refractivity contribution is 0.315. The molecule has 132 valence electrons. The molecule has 7 heteroatoms. The molecule has 1 N–H and O–H groups in total. The first-order chi connectivity index (χ1) is 11.7. The SMILES string of the molecule is CC(NS(=O)(=O)c1cccc2nonc12)c1ccc(C(C)(C)C)cc1. The fraction of sp³-hybridized carbons (Fsp3) is 0.333. The van der Waals surface area contributed by atoms with Crippen LogP contribution in [0.2, 0.25) is 0 Å². The third kappa shape index (κ3) is 3.57. The first-order valence-corrected chi connectivity index (χ1v) is 9.51. The molecule has 0 radical (unpaired) electrons. The van der Waals surface area contributed by atoms with E-state index in [2.05, 4.69) is 40.4 Å². The Bertz CT molecular complexity index is 986. The highest BCUT2D eigenvalue weighted by Gasteiger charge is 2.23. The predicted octanol–water partition coefficient (Wildman–Crippen LogP) is 3.56. The Hall–Kier alpha value is -2.25. The molecule has 3 rings (SSSR count). The molecule has 0 fully saturated rings. The number of nitrogens with one attached hydrogen (secondary N) is 1. The van der Waals surface area contributed by atoms with Crippen molar-refractivity contribution in [3.05, 3.63) is 53.6 Å². The number of aromatic nitrogens is 2. The Balaban J connectivity index is 1.87. The van der Waals surface area contributed by atoms with Crippen LogP contribution in [0.3, 0.4) is 0 Å². The van der Waals surface area contributed by atoms with E-state index < -0.39 is 10.0 Å². The summed E-state index contributed by atoms with van der Waals surface area (Å²) in [5.74, 6) is 0. The summed E-state index contributed by atoms with van der Waals surface area (Å²) in [5.41, 5.74) is 2.78. The standard InChI is InChI=1S/C18H21N3O3S/c1-12(13-8-10-14(11-9-13)18(2,3)4)21-25(22,23)16-7-5-6-15-17(16)20-24-19-15/h5-12,21H,1-4H3. The van der Waals surface area contributed by atoms with Crippen molar-refractivity contribution in [1.82, 2.24) is 15.0 Å². The Morgan fingerprint density at radius 1 is 1.04 bits per heavy atom. The van der Waals surface area contributed by atoms with Crippen molar-refractivity contribution in [2.75, 3.05) is 0 Å². The number of rotatable bonds is 4. The number of sulfonamides is 1. The predicted molar refractivity (Wildman–Crippen MR) is 95.7 cm³/mol. The molecule has 1 heterocycles. The number of hydrogen-bond donors (Lipinski definition) is 1. The summed E-state index contributed by atoms with van der Waals surface area (Å²) in [6.07, 6.45) is 0. The van der Waals surface area contributed by atoms with Crippen LogP contribution in [0.1, 0.15) is 44.9 Å². The quantitative estimate of drug-likeness (QED) is 0.770. The van der Waals surface area contributed by atoms with Crippen LogP contribution in [0, 0.1) is 0 Å². The summed E-state index contributed by atoms with van der Waals surface area (Å²) in [6, 6.07) is 12.3. The molecule has 0 aliphatic carbocycles. The lowest BCUT2D eigenvalue weighted by Gasteiger charge is -2.20. The van der Waals surface area contributed by atoms with Crippen molar-refractivity contribution in [3.63, 3.8) is 0 Å². The molecule has 0 amide bonds. The van der Waals surface area contributed by atoms with E-state index in [0.717, 1.165) is 5.56 Å². The van der Waals surface area contributed by atoms with E-state index in [1.54, 1.807) is 12.1 Å². The molecule has 0 bridgehead atoms. The molecule has 0 aliphatic rings. The summed E-state index contributed by atoms with van der Waals surface area (Å²) >= 11 is 0. The summed E-state index contributed by atoms with van der Waals surface area (Å²) in [5, 5.41) is 7.38. The van der Waals surface area contributed by atoms with E-state index in [4.69, 9.17) is 0 Å². The molecule has 6 nitrogen and oxygen atoms in total. The Morgan fingerprint density at radius 2 is 1.72 bits per heavy atom. The molecule has 0 saturated carbocycles. The van der Waals surface area contributed by atoms with Gasteiger partial charge in [-0.25, -0.2) is 17.8 Å². The van der Waals surface area contributed by atoms with E-state index in [0.29, 0.717) is 5.52 Å². The van der Waals surface area contributed by atoms with Gasteiger partial charge in [0.1, 0.15) is 10.4 Å². The van der Waals surface area contributed by atoms with Crippen LogP contribution >= 0.6 is 0 Å². The molecule has 25 heavy (non-hydrogen) atoms. The molecule has 0 spiro atoms. The molecule has 0 aliphatic heterocycles. The summed E-state index contributed by atoms with van der Waals surface area (Å²) in [7, 11) is -3.76. The summed E-state index contributed by atoms with van der Waals surface area (Å²) in [6.45, 7) is 8.23. The van der Waals surface area contributed by atoms with Crippen LogP contribution in [-0.2, 0) is 15.4 Å². The zero-order valence-electron chi connectivity index (χ0n) is 14.6. The van der Waals surface area contributed by atoms with E-state index in [9.17, 15) is 8.42 Å². The maximum absolute atomic E-state index is 12.7. The van der Waals surface area contributed by atoms with Gasteiger partial charge < -0.3 is 0 Å². The molecular formula is C18H21N3O3S. The van der Waals surface area contributed by atoms with Gasteiger partial charge >= 0.3 is 0 Å². The van der Waals surface area contributed by atoms with E-state index in [-0.39, 0.29) is 21.9 Å². The first kappa shape index (κ1) is 17.6. The topological polar surface area (TPSA) is 85.1 Å². The second-order valence-electron chi connectivity index (χ2n) is 7.10. The number of benzene rings is 2. The van der Waals surface area contributed by atoms with Gasteiger partial charge in [0.25, 0.3) is 0 Å². The van der Waals surface area contributed by atoms with Crippen molar-refractivity contribution in [1.29, 1.82) is 0 Å². The summed E-state index contributed by atoms with van der Waals surface area (Å²) < 4.78 is 32.8. The average Bonchev–Trinajstić information content (AvgIpc) is 3.02. The van der Waals surface area contributed by atoms with Crippen molar-refractivity contribution in [2.24, 2.45) is 0 Å². The van der Waals surface area contributed by atoms with Gasteiger partial charge in [-0.1, -0.05) is 51.1 Å². The average molecular weight is 359 g/mol. The maximum atomic E-state index is 12.7. The largest absolute Gasteiger partial charge is 0.243 e. The molecule has 0 saturated heterocycles. The fourth-order valence-corrected chi connectivity index (χ4v) is 4.02. The van der Waals surface area contributed by atoms with Crippen LogP contribution < -0.4 is 4.72 Å². The second kappa shape index (κ2) is 6.24. The van der Waals surface area contributed by atoms with Gasteiger partial charge in [0.05, 0.1) is 0 Å². The molecule has 1 unspecified atom stereocenters. The van der Waals surface area contributed by atoms with Gasteiger partial charge in [-0.05, 0) is 45.9 Å². The summed E-state index contributed by atoms with van der Waals surface area (Å²) in [4.78, 5) is 0.0596. The lowest BCUT2D eigenvalue weighted by atomic mass is 9.86. The van der Waals surface area contributed by atoms with Crippen molar-refractivity contribution in [2.45, 2.75) is 44.0 Å². The van der Waals surface area contributed by atoms with Gasteiger partial charge in [0.2, 0.25) is 10.0 Å². The van der Waals surface area contributed by atoms with Gasteiger partial charge in [-0.15, -0.1) is 0 Å². The third-order valence-corrected chi connectivity index (χ3v) is 5.72. The number of fused-ring (bicyclic) bond motifs is 1. The third-order valence-electron chi connectivity index (χ3n) is 4.15. The van der Waals surface area contributed by atoms with Gasteiger partial charge in [0.15, 0.2) is 5.52 Å². The van der Waals surface area contributed by atoms with E-state index in [1.807, 2.05) is 31.2 Å². The minimum Gasteiger partial charge on any atom is -0.243 e. The highest BCUT2D eigenvalue weighted by molar-refractivity contribution is 7.89. The van der Waals surface area contributed by atoms with Crippen LogP contribution in [0.5, 0.6) is 0 Å². The van der Waals surface area contributed by atoms with Crippen LogP contribution in [0.4, 0.5) is 0 Å². The van der Waals surface area contributed by atoms with Gasteiger partial charge in [0, 0.05) is 6.04 Å². The monoisotopic (exact) mass is 359 g/mol. The smallest absolute Gasteiger partial charge is 0.243 e. The van der Waals surface area contributed by atoms with Crippen LogP contribution in [0.25, 0.3) is 11.0 Å². The van der Waals surface area contributed by atoms with Crippen molar-refractivity contribution >= 4 is 21.1 Å². The zero-order valence-corrected chi connectivity index (χ0v) is 15.5. The second-order valence-corrected chi connectivity index (χ2v) is 8.79.